The summed E-state index contributed by atoms with van der Waals surface area (Å²) >= 11 is 0. The van der Waals surface area contributed by atoms with E-state index in [9.17, 15) is 4.79 Å². The van der Waals surface area contributed by atoms with Gasteiger partial charge in [-0.3, -0.25) is 0 Å². The normalized spacial score (nSPS) is 48.8. The van der Waals surface area contributed by atoms with Crippen LogP contribution < -0.4 is 0 Å². The first-order valence-corrected chi connectivity index (χ1v) is 3.41. The van der Waals surface area contributed by atoms with Crippen molar-refractivity contribution in [1.29, 1.82) is 0 Å². The summed E-state index contributed by atoms with van der Waals surface area (Å²) in [5.74, 6) is 0. The van der Waals surface area contributed by atoms with E-state index in [-0.39, 0.29) is 6.29 Å². The minimum atomic E-state index is -1.64. The molecule has 0 aliphatic carbocycles. The van der Waals surface area contributed by atoms with Crippen molar-refractivity contribution in [2.45, 2.75) is 30.7 Å². The van der Waals surface area contributed by atoms with Crippen LogP contribution in [0.1, 0.15) is 0 Å². The van der Waals surface area contributed by atoms with Gasteiger partial charge in [0.25, 0.3) is 0 Å². The molecule has 0 spiro atoms. The van der Waals surface area contributed by atoms with Gasteiger partial charge in [0.1, 0.15) is 24.4 Å². The van der Waals surface area contributed by atoms with Crippen molar-refractivity contribution >= 4 is 6.29 Å². The van der Waals surface area contributed by atoms with Crippen LogP contribution in [0.2, 0.25) is 0 Å². The molecule has 0 aromatic heterocycles. The van der Waals surface area contributed by atoms with Crippen molar-refractivity contribution < 1.29 is 30.0 Å². The summed E-state index contributed by atoms with van der Waals surface area (Å²) in [6.45, 7) is 0. The SMILES string of the molecule is O=CC1O[C@@H](O)[C@@H](O)[C@H](O)[C@H]1O. The second-order valence-electron chi connectivity index (χ2n) is 2.60. The van der Waals surface area contributed by atoms with Crippen molar-refractivity contribution in [2.24, 2.45) is 0 Å². The van der Waals surface area contributed by atoms with E-state index in [1.54, 1.807) is 0 Å². The number of ether oxygens (including phenoxy) is 1. The van der Waals surface area contributed by atoms with Crippen LogP contribution in [0.25, 0.3) is 0 Å². The highest BCUT2D eigenvalue weighted by Crippen LogP contribution is 2.18. The highest BCUT2D eigenvalue weighted by molar-refractivity contribution is 5.57. The van der Waals surface area contributed by atoms with Gasteiger partial charge in [0.05, 0.1) is 0 Å². The molecule has 1 unspecified atom stereocenters. The Bertz CT molecular complexity index is 171. The molecule has 1 aliphatic heterocycles. The van der Waals surface area contributed by atoms with Gasteiger partial charge in [0.15, 0.2) is 12.6 Å². The summed E-state index contributed by atoms with van der Waals surface area (Å²) in [4.78, 5) is 10.2. The number of carbonyl (C=O) groups excluding carboxylic acids is 1. The van der Waals surface area contributed by atoms with E-state index in [0.717, 1.165) is 0 Å². The van der Waals surface area contributed by atoms with E-state index in [2.05, 4.69) is 4.74 Å². The van der Waals surface area contributed by atoms with Gasteiger partial charge in [-0.2, -0.15) is 0 Å². The number of aliphatic hydroxyl groups is 4. The molecule has 12 heavy (non-hydrogen) atoms. The molecule has 0 amide bonds. The molecule has 1 aliphatic rings. The van der Waals surface area contributed by atoms with Crippen molar-refractivity contribution in [3.8, 4) is 0 Å². The Morgan fingerprint density at radius 3 is 2.08 bits per heavy atom. The number of rotatable bonds is 1. The highest BCUT2D eigenvalue weighted by Gasteiger charge is 2.42. The predicted octanol–water partition coefficient (Wildman–Crippen LogP) is -3.01. The van der Waals surface area contributed by atoms with Crippen LogP contribution in [-0.4, -0.2) is 57.4 Å². The van der Waals surface area contributed by atoms with Crippen molar-refractivity contribution in [2.75, 3.05) is 0 Å². The van der Waals surface area contributed by atoms with Gasteiger partial charge in [0.2, 0.25) is 0 Å². The molecular weight excluding hydrogens is 168 g/mol. The van der Waals surface area contributed by atoms with Crippen LogP contribution in [0.3, 0.4) is 0 Å². The fraction of sp³-hybridized carbons (Fsp3) is 0.833. The van der Waals surface area contributed by atoms with Crippen LogP contribution in [0.4, 0.5) is 0 Å². The third-order valence-electron chi connectivity index (χ3n) is 1.76. The van der Waals surface area contributed by atoms with E-state index in [1.165, 1.54) is 0 Å². The summed E-state index contributed by atoms with van der Waals surface area (Å²) in [5, 5.41) is 35.9. The molecule has 0 radical (unpaired) electrons. The number of carbonyl (C=O) groups is 1. The molecule has 5 atom stereocenters. The van der Waals surface area contributed by atoms with Crippen molar-refractivity contribution in [3.05, 3.63) is 0 Å². The highest BCUT2D eigenvalue weighted by atomic mass is 16.6. The summed E-state index contributed by atoms with van der Waals surface area (Å²) in [7, 11) is 0. The molecule has 1 fully saturated rings. The average Bonchev–Trinajstić information content (AvgIpc) is 2.08. The average molecular weight is 178 g/mol. The molecule has 0 bridgehead atoms. The lowest BCUT2D eigenvalue weighted by molar-refractivity contribution is -0.272. The molecule has 0 aromatic rings. The lowest BCUT2D eigenvalue weighted by Crippen LogP contribution is -2.57. The molecule has 4 N–H and O–H groups in total. The fourth-order valence-corrected chi connectivity index (χ4v) is 1.000. The van der Waals surface area contributed by atoms with Crippen molar-refractivity contribution in [1.82, 2.24) is 0 Å². The second-order valence-corrected chi connectivity index (χ2v) is 2.60. The number of hydrogen-bond donors (Lipinski definition) is 4. The Morgan fingerprint density at radius 1 is 1.00 bits per heavy atom. The lowest BCUT2D eigenvalue weighted by atomic mass is 10.00. The van der Waals surface area contributed by atoms with Gasteiger partial charge in [-0.15, -0.1) is 0 Å². The molecule has 6 heteroatoms. The number of hydrogen-bond acceptors (Lipinski definition) is 6. The summed E-state index contributed by atoms with van der Waals surface area (Å²) < 4.78 is 4.46. The monoisotopic (exact) mass is 178 g/mol. The summed E-state index contributed by atoms with van der Waals surface area (Å²) in [6, 6.07) is 0. The summed E-state index contributed by atoms with van der Waals surface area (Å²) in [5.41, 5.74) is 0. The first kappa shape index (κ1) is 9.56. The van der Waals surface area contributed by atoms with Gasteiger partial charge >= 0.3 is 0 Å². The molecule has 1 heterocycles. The quantitative estimate of drug-likeness (QED) is 0.318. The first-order valence-electron chi connectivity index (χ1n) is 3.41. The summed E-state index contributed by atoms with van der Waals surface area (Å²) in [6.07, 6.45) is -7.33. The fourth-order valence-electron chi connectivity index (χ4n) is 1.000. The van der Waals surface area contributed by atoms with Gasteiger partial charge < -0.3 is 30.0 Å². The van der Waals surface area contributed by atoms with Crippen molar-refractivity contribution in [3.63, 3.8) is 0 Å². The zero-order valence-corrected chi connectivity index (χ0v) is 6.07. The van der Waals surface area contributed by atoms with Gasteiger partial charge in [0, 0.05) is 0 Å². The van der Waals surface area contributed by atoms with Crippen LogP contribution >= 0.6 is 0 Å². The topological polar surface area (TPSA) is 107 Å². The maximum Gasteiger partial charge on any atom is 0.184 e. The van der Waals surface area contributed by atoms with E-state index in [4.69, 9.17) is 20.4 Å². The third kappa shape index (κ3) is 1.47. The van der Waals surface area contributed by atoms with E-state index in [0.29, 0.717) is 0 Å². The smallest absolute Gasteiger partial charge is 0.184 e. The number of aldehydes is 1. The minimum Gasteiger partial charge on any atom is -0.387 e. The largest absolute Gasteiger partial charge is 0.387 e. The Balaban J connectivity index is 2.70. The predicted molar refractivity (Wildman–Crippen MR) is 35.0 cm³/mol. The maximum absolute atomic E-state index is 10.2. The Hall–Kier alpha value is -0.530. The zero-order chi connectivity index (χ0) is 9.30. The van der Waals surface area contributed by atoms with Gasteiger partial charge in [-0.05, 0) is 0 Å². The van der Waals surface area contributed by atoms with Crippen LogP contribution in [-0.2, 0) is 9.53 Å². The van der Waals surface area contributed by atoms with Gasteiger partial charge in [-0.25, -0.2) is 0 Å². The first-order chi connectivity index (χ1) is 5.57. The number of aliphatic hydroxyl groups excluding tert-OH is 4. The second kappa shape index (κ2) is 3.46. The Kier molecular flexibility index (Phi) is 2.76. The maximum atomic E-state index is 10.2. The minimum absolute atomic E-state index is 0.253. The standard InChI is InChI=1S/C6H10O6/c7-1-2-3(8)4(9)5(10)6(11)12-2/h1-6,8-11H/t2?,3-,4+,5-,6+/m0/s1. The molecule has 0 aromatic carbocycles. The van der Waals surface area contributed by atoms with Gasteiger partial charge in [-0.1, -0.05) is 0 Å². The molecular formula is C6H10O6. The molecule has 6 nitrogen and oxygen atoms in total. The molecule has 70 valence electrons. The van der Waals surface area contributed by atoms with E-state index >= 15 is 0 Å². The van der Waals surface area contributed by atoms with E-state index < -0.39 is 30.7 Å². The van der Waals surface area contributed by atoms with E-state index in [1.807, 2.05) is 0 Å². The zero-order valence-electron chi connectivity index (χ0n) is 6.07. The lowest BCUT2D eigenvalue weighted by Gasteiger charge is -2.35. The Morgan fingerprint density at radius 2 is 1.58 bits per heavy atom. The molecule has 1 saturated heterocycles. The third-order valence-corrected chi connectivity index (χ3v) is 1.76. The van der Waals surface area contributed by atoms with Crippen LogP contribution in [0, 0.1) is 0 Å². The molecule has 0 saturated carbocycles. The Labute approximate surface area is 68.0 Å². The van der Waals surface area contributed by atoms with Crippen LogP contribution in [0.15, 0.2) is 0 Å². The van der Waals surface area contributed by atoms with Crippen LogP contribution in [0.5, 0.6) is 0 Å². The molecule has 1 rings (SSSR count).